The molecule has 0 atom stereocenters. The quantitative estimate of drug-likeness (QED) is 0.796. The Balaban J connectivity index is 2.70. The van der Waals surface area contributed by atoms with Gasteiger partial charge in [0.05, 0.1) is 16.7 Å². The second-order valence-corrected chi connectivity index (χ2v) is 8.37. The van der Waals surface area contributed by atoms with Crippen molar-refractivity contribution in [3.05, 3.63) is 23.5 Å². The van der Waals surface area contributed by atoms with E-state index in [1.165, 1.54) is 0 Å². The van der Waals surface area contributed by atoms with Gasteiger partial charge in [0, 0.05) is 18.3 Å². The van der Waals surface area contributed by atoms with Crippen LogP contribution in [0.3, 0.4) is 0 Å². The molecule has 1 rings (SSSR count). The van der Waals surface area contributed by atoms with Crippen LogP contribution < -0.4 is 10.1 Å². The Morgan fingerprint density at radius 3 is 2.48 bits per heavy atom. The third kappa shape index (κ3) is 6.01. The molecular formula is C15H26N2O3S. The van der Waals surface area contributed by atoms with Gasteiger partial charge in [-0.1, -0.05) is 13.8 Å². The van der Waals surface area contributed by atoms with E-state index in [-0.39, 0.29) is 17.6 Å². The third-order valence-corrected chi connectivity index (χ3v) is 5.27. The van der Waals surface area contributed by atoms with Crippen LogP contribution in [0.1, 0.15) is 39.1 Å². The van der Waals surface area contributed by atoms with Crippen LogP contribution >= 0.6 is 0 Å². The fourth-order valence-corrected chi connectivity index (χ4v) is 2.45. The van der Waals surface area contributed by atoms with E-state index in [0.29, 0.717) is 18.3 Å². The van der Waals surface area contributed by atoms with Gasteiger partial charge >= 0.3 is 0 Å². The lowest BCUT2D eigenvalue weighted by Crippen LogP contribution is -2.24. The first-order valence-electron chi connectivity index (χ1n) is 7.26. The van der Waals surface area contributed by atoms with Gasteiger partial charge in [0.2, 0.25) is 0 Å². The van der Waals surface area contributed by atoms with E-state index < -0.39 is 9.84 Å². The molecule has 0 aliphatic rings. The molecule has 0 aliphatic heterocycles. The van der Waals surface area contributed by atoms with E-state index in [1.807, 2.05) is 19.1 Å². The summed E-state index contributed by atoms with van der Waals surface area (Å²) in [6.45, 7) is 10.2. The second-order valence-electron chi connectivity index (χ2n) is 5.70. The first-order chi connectivity index (χ1) is 9.72. The van der Waals surface area contributed by atoms with Crippen molar-refractivity contribution >= 4 is 9.84 Å². The zero-order chi connectivity index (χ0) is 16.0. The highest BCUT2D eigenvalue weighted by Crippen LogP contribution is 2.17. The number of rotatable bonds is 8. The molecule has 1 heterocycles. The molecule has 1 aromatic heterocycles. The standard InChI is InChI=1S/C15H26N2O3S/c1-11(2)16-10-14-15(7-6-13(5)17-14)20-8-9-21(18,19)12(3)4/h6-7,11-12,16H,8-10H2,1-5H3. The van der Waals surface area contributed by atoms with Crippen LogP contribution in [-0.2, 0) is 16.4 Å². The average Bonchev–Trinajstić information content (AvgIpc) is 2.38. The van der Waals surface area contributed by atoms with Gasteiger partial charge < -0.3 is 10.1 Å². The number of pyridine rings is 1. The van der Waals surface area contributed by atoms with Crippen LogP contribution in [0.2, 0.25) is 0 Å². The van der Waals surface area contributed by atoms with E-state index in [0.717, 1.165) is 11.4 Å². The fourth-order valence-electron chi connectivity index (χ4n) is 1.66. The molecule has 0 fully saturated rings. The Kier molecular flexibility index (Phi) is 6.61. The number of aryl methyl sites for hydroxylation is 1. The van der Waals surface area contributed by atoms with E-state index in [4.69, 9.17) is 4.74 Å². The number of hydrogen-bond donors (Lipinski definition) is 1. The number of nitrogens with zero attached hydrogens (tertiary/aromatic N) is 1. The summed E-state index contributed by atoms with van der Waals surface area (Å²) in [5.41, 5.74) is 1.73. The smallest absolute Gasteiger partial charge is 0.155 e. The minimum Gasteiger partial charge on any atom is -0.491 e. The van der Waals surface area contributed by atoms with Gasteiger partial charge in [-0.25, -0.2) is 8.42 Å². The molecule has 0 spiro atoms. The van der Waals surface area contributed by atoms with Crippen LogP contribution in [0.25, 0.3) is 0 Å². The van der Waals surface area contributed by atoms with Crippen LogP contribution in [-0.4, -0.2) is 37.1 Å². The molecule has 21 heavy (non-hydrogen) atoms. The van der Waals surface area contributed by atoms with Crippen molar-refractivity contribution in [2.75, 3.05) is 12.4 Å². The topological polar surface area (TPSA) is 68.3 Å². The first kappa shape index (κ1) is 17.9. The molecule has 0 radical (unpaired) electrons. The number of sulfone groups is 1. The largest absolute Gasteiger partial charge is 0.491 e. The third-order valence-electron chi connectivity index (χ3n) is 3.09. The highest BCUT2D eigenvalue weighted by Gasteiger charge is 2.16. The number of hydrogen-bond acceptors (Lipinski definition) is 5. The lowest BCUT2D eigenvalue weighted by atomic mass is 10.2. The molecule has 0 amide bonds. The minimum atomic E-state index is -3.08. The van der Waals surface area contributed by atoms with E-state index in [2.05, 4.69) is 24.1 Å². The highest BCUT2D eigenvalue weighted by atomic mass is 32.2. The maximum atomic E-state index is 11.8. The van der Waals surface area contributed by atoms with Crippen molar-refractivity contribution in [1.82, 2.24) is 10.3 Å². The molecule has 0 aromatic carbocycles. The molecule has 0 saturated carbocycles. The van der Waals surface area contributed by atoms with Gasteiger partial charge in [-0.05, 0) is 32.9 Å². The predicted octanol–water partition coefficient (Wildman–Crippen LogP) is 2.09. The lowest BCUT2D eigenvalue weighted by molar-refractivity contribution is 0.333. The van der Waals surface area contributed by atoms with E-state index >= 15 is 0 Å². The summed E-state index contributed by atoms with van der Waals surface area (Å²) in [4.78, 5) is 4.46. The summed E-state index contributed by atoms with van der Waals surface area (Å²) in [7, 11) is -3.08. The number of aromatic nitrogens is 1. The number of ether oxygens (including phenoxy) is 1. The van der Waals surface area contributed by atoms with Crippen molar-refractivity contribution in [2.24, 2.45) is 0 Å². The summed E-state index contributed by atoms with van der Waals surface area (Å²) >= 11 is 0. The van der Waals surface area contributed by atoms with Crippen molar-refractivity contribution < 1.29 is 13.2 Å². The summed E-state index contributed by atoms with van der Waals surface area (Å²) in [6, 6.07) is 4.06. The van der Waals surface area contributed by atoms with E-state index in [1.54, 1.807) is 13.8 Å². The Morgan fingerprint density at radius 2 is 1.90 bits per heavy atom. The molecule has 0 unspecified atom stereocenters. The van der Waals surface area contributed by atoms with Gasteiger partial charge in [-0.3, -0.25) is 4.98 Å². The molecule has 0 bridgehead atoms. The SMILES string of the molecule is Cc1ccc(OCCS(=O)(=O)C(C)C)c(CNC(C)C)n1. The van der Waals surface area contributed by atoms with Gasteiger partial charge in [0.1, 0.15) is 12.4 Å². The molecular weight excluding hydrogens is 288 g/mol. The monoisotopic (exact) mass is 314 g/mol. The van der Waals surface area contributed by atoms with Gasteiger partial charge in [0.25, 0.3) is 0 Å². The highest BCUT2D eigenvalue weighted by molar-refractivity contribution is 7.91. The maximum absolute atomic E-state index is 11.8. The second kappa shape index (κ2) is 7.75. The van der Waals surface area contributed by atoms with Crippen molar-refractivity contribution in [1.29, 1.82) is 0 Å². The first-order valence-corrected chi connectivity index (χ1v) is 8.98. The van der Waals surface area contributed by atoms with Crippen LogP contribution in [0.15, 0.2) is 12.1 Å². The Hall–Kier alpha value is -1.14. The molecule has 120 valence electrons. The molecule has 0 saturated heterocycles. The van der Waals surface area contributed by atoms with Crippen LogP contribution in [0.5, 0.6) is 5.75 Å². The summed E-state index contributed by atoms with van der Waals surface area (Å²) in [5.74, 6) is 0.669. The fraction of sp³-hybridized carbons (Fsp3) is 0.667. The summed E-state index contributed by atoms with van der Waals surface area (Å²) < 4.78 is 29.2. The molecule has 1 N–H and O–H groups in total. The zero-order valence-electron chi connectivity index (χ0n) is 13.5. The molecule has 0 aliphatic carbocycles. The Morgan fingerprint density at radius 1 is 1.24 bits per heavy atom. The minimum absolute atomic E-state index is 0.0234. The van der Waals surface area contributed by atoms with Gasteiger partial charge in [0.15, 0.2) is 9.84 Å². The molecule has 1 aromatic rings. The molecule has 5 nitrogen and oxygen atoms in total. The normalized spacial score (nSPS) is 12.1. The van der Waals surface area contributed by atoms with Gasteiger partial charge in [-0.15, -0.1) is 0 Å². The maximum Gasteiger partial charge on any atom is 0.155 e. The van der Waals surface area contributed by atoms with Crippen molar-refractivity contribution in [3.8, 4) is 5.75 Å². The van der Waals surface area contributed by atoms with Gasteiger partial charge in [-0.2, -0.15) is 0 Å². The Bertz CT molecular complexity index is 554. The Labute approximate surface area is 128 Å². The summed E-state index contributed by atoms with van der Waals surface area (Å²) in [5, 5.41) is 2.92. The van der Waals surface area contributed by atoms with Crippen LogP contribution in [0.4, 0.5) is 0 Å². The number of nitrogens with one attached hydrogen (secondary N) is 1. The van der Waals surface area contributed by atoms with Crippen molar-refractivity contribution in [3.63, 3.8) is 0 Å². The van der Waals surface area contributed by atoms with Crippen molar-refractivity contribution in [2.45, 2.75) is 52.5 Å². The lowest BCUT2D eigenvalue weighted by Gasteiger charge is -2.14. The molecule has 6 heteroatoms. The van der Waals surface area contributed by atoms with Crippen LogP contribution in [0, 0.1) is 6.92 Å². The average molecular weight is 314 g/mol. The zero-order valence-corrected chi connectivity index (χ0v) is 14.3. The summed E-state index contributed by atoms with van der Waals surface area (Å²) in [6.07, 6.45) is 0. The van der Waals surface area contributed by atoms with E-state index in [9.17, 15) is 8.42 Å². The predicted molar refractivity (Wildman–Crippen MR) is 85.4 cm³/mol.